The van der Waals surface area contributed by atoms with Crippen molar-refractivity contribution in [2.45, 2.75) is 42.9 Å². The quantitative estimate of drug-likeness (QED) is 0.832. The molecule has 2 rings (SSSR count). The van der Waals surface area contributed by atoms with Crippen molar-refractivity contribution in [3.63, 3.8) is 0 Å². The van der Waals surface area contributed by atoms with Crippen LogP contribution in [0.5, 0.6) is 0 Å². The number of hydrogen-bond acceptors (Lipinski definition) is 4. The van der Waals surface area contributed by atoms with Crippen LogP contribution in [0, 0.1) is 11.7 Å². The van der Waals surface area contributed by atoms with Crippen LogP contribution in [0.1, 0.15) is 43.6 Å². The Balaban J connectivity index is 2.46. The van der Waals surface area contributed by atoms with E-state index in [4.69, 9.17) is 0 Å². The number of carbonyl (C=O) groups excluding carboxylic acids is 2. The van der Waals surface area contributed by atoms with Gasteiger partial charge >= 0.3 is 6.03 Å². The molecule has 3 amide bonds. The summed E-state index contributed by atoms with van der Waals surface area (Å²) < 4.78 is 38.4. The summed E-state index contributed by atoms with van der Waals surface area (Å²) in [6, 6.07) is 3.21. The van der Waals surface area contributed by atoms with E-state index in [1.165, 1.54) is 19.2 Å². The van der Waals surface area contributed by atoms with E-state index in [2.05, 4.69) is 10.6 Å². The standard InChI is InChI=1S/C17H23FN2O4S/c1-19-17(22)20-16(21)13(10-11-6-3-4-7-11)12-8-5-9-14(18)15(12)25(2,23)24/h5,8-9,11,13H,3-4,6-7,10H2,1-2H3,(H2,19,20,21,22). The van der Waals surface area contributed by atoms with Crippen molar-refractivity contribution in [1.29, 1.82) is 0 Å². The van der Waals surface area contributed by atoms with Gasteiger partial charge in [-0.15, -0.1) is 0 Å². The Morgan fingerprint density at radius 2 is 1.92 bits per heavy atom. The van der Waals surface area contributed by atoms with Gasteiger partial charge in [0.15, 0.2) is 9.84 Å². The summed E-state index contributed by atoms with van der Waals surface area (Å²) in [5.41, 5.74) is 0.107. The Kier molecular flexibility index (Phi) is 6.16. The molecule has 1 saturated carbocycles. The van der Waals surface area contributed by atoms with Crippen molar-refractivity contribution in [1.82, 2.24) is 10.6 Å². The number of halogens is 1. The SMILES string of the molecule is CNC(=O)NC(=O)C(CC1CCCC1)c1cccc(F)c1S(C)(=O)=O. The van der Waals surface area contributed by atoms with Crippen molar-refractivity contribution < 1.29 is 22.4 Å². The molecular formula is C17H23FN2O4S. The number of imide groups is 1. The Morgan fingerprint density at radius 3 is 2.48 bits per heavy atom. The first kappa shape index (κ1) is 19.4. The van der Waals surface area contributed by atoms with Crippen LogP contribution >= 0.6 is 0 Å². The van der Waals surface area contributed by atoms with E-state index in [1.807, 2.05) is 0 Å². The van der Waals surface area contributed by atoms with Crippen molar-refractivity contribution in [2.75, 3.05) is 13.3 Å². The van der Waals surface area contributed by atoms with E-state index in [-0.39, 0.29) is 11.5 Å². The monoisotopic (exact) mass is 370 g/mol. The summed E-state index contributed by atoms with van der Waals surface area (Å²) in [7, 11) is -2.49. The summed E-state index contributed by atoms with van der Waals surface area (Å²) in [6.07, 6.45) is 5.28. The fourth-order valence-electron chi connectivity index (χ4n) is 3.41. The number of sulfone groups is 1. The van der Waals surface area contributed by atoms with Crippen LogP contribution in [0.4, 0.5) is 9.18 Å². The van der Waals surface area contributed by atoms with Gasteiger partial charge in [-0.1, -0.05) is 37.8 Å². The molecule has 1 aliphatic carbocycles. The number of amides is 3. The number of nitrogens with one attached hydrogen (secondary N) is 2. The second kappa shape index (κ2) is 7.95. The Morgan fingerprint density at radius 1 is 1.28 bits per heavy atom. The van der Waals surface area contributed by atoms with Gasteiger partial charge < -0.3 is 5.32 Å². The predicted molar refractivity (Wildman–Crippen MR) is 91.4 cm³/mol. The molecular weight excluding hydrogens is 347 g/mol. The van der Waals surface area contributed by atoms with Gasteiger partial charge in [0, 0.05) is 13.3 Å². The molecule has 138 valence electrons. The second-order valence-corrected chi connectivity index (χ2v) is 8.39. The maximum absolute atomic E-state index is 14.2. The van der Waals surface area contributed by atoms with E-state index < -0.39 is 38.4 Å². The molecule has 1 aromatic carbocycles. The van der Waals surface area contributed by atoms with Crippen LogP contribution in [0.3, 0.4) is 0 Å². The molecule has 1 aromatic rings. The average molecular weight is 370 g/mol. The van der Waals surface area contributed by atoms with Crippen molar-refractivity contribution in [3.8, 4) is 0 Å². The molecule has 0 aromatic heterocycles. The highest BCUT2D eigenvalue weighted by Gasteiger charge is 2.32. The Bertz CT molecular complexity index is 758. The van der Waals surface area contributed by atoms with E-state index in [9.17, 15) is 22.4 Å². The van der Waals surface area contributed by atoms with Gasteiger partial charge in [-0.05, 0) is 24.0 Å². The molecule has 6 nitrogen and oxygen atoms in total. The number of benzene rings is 1. The summed E-state index contributed by atoms with van der Waals surface area (Å²) in [6.45, 7) is 0. The first-order valence-corrected chi connectivity index (χ1v) is 10.1. The molecule has 2 N–H and O–H groups in total. The number of rotatable bonds is 5. The van der Waals surface area contributed by atoms with Gasteiger partial charge in [-0.25, -0.2) is 17.6 Å². The predicted octanol–water partition coefficient (Wildman–Crippen LogP) is 2.35. The first-order valence-electron chi connectivity index (χ1n) is 8.25. The van der Waals surface area contributed by atoms with Crippen LogP contribution in [0.25, 0.3) is 0 Å². The molecule has 0 radical (unpaired) electrons. The fraction of sp³-hybridized carbons (Fsp3) is 0.529. The molecule has 25 heavy (non-hydrogen) atoms. The molecule has 1 unspecified atom stereocenters. The summed E-state index contributed by atoms with van der Waals surface area (Å²) >= 11 is 0. The maximum Gasteiger partial charge on any atom is 0.321 e. The highest BCUT2D eigenvalue weighted by Crippen LogP contribution is 2.37. The van der Waals surface area contributed by atoms with Crippen molar-refractivity contribution in [3.05, 3.63) is 29.6 Å². The van der Waals surface area contributed by atoms with Gasteiger partial charge in [-0.3, -0.25) is 10.1 Å². The zero-order valence-corrected chi connectivity index (χ0v) is 15.2. The van der Waals surface area contributed by atoms with E-state index in [0.29, 0.717) is 6.42 Å². The third-order valence-corrected chi connectivity index (χ3v) is 5.74. The Labute approximate surface area is 147 Å². The van der Waals surface area contributed by atoms with Gasteiger partial charge in [0.25, 0.3) is 0 Å². The first-order chi connectivity index (χ1) is 11.7. The van der Waals surface area contributed by atoms with Crippen molar-refractivity contribution >= 4 is 21.8 Å². The molecule has 0 heterocycles. The minimum Gasteiger partial charge on any atom is -0.341 e. The third-order valence-electron chi connectivity index (χ3n) is 4.57. The highest BCUT2D eigenvalue weighted by atomic mass is 32.2. The largest absolute Gasteiger partial charge is 0.341 e. The molecule has 0 bridgehead atoms. The van der Waals surface area contributed by atoms with Gasteiger partial charge in [0.2, 0.25) is 5.91 Å². The van der Waals surface area contributed by atoms with E-state index in [0.717, 1.165) is 38.0 Å². The Hall–Kier alpha value is -1.96. The topological polar surface area (TPSA) is 92.3 Å². The number of carbonyl (C=O) groups is 2. The maximum atomic E-state index is 14.2. The summed E-state index contributed by atoms with van der Waals surface area (Å²) in [4.78, 5) is 23.6. The molecule has 0 aliphatic heterocycles. The van der Waals surface area contributed by atoms with Crippen molar-refractivity contribution in [2.24, 2.45) is 5.92 Å². The lowest BCUT2D eigenvalue weighted by atomic mass is 9.87. The molecule has 8 heteroatoms. The molecule has 1 atom stereocenters. The lowest BCUT2D eigenvalue weighted by Crippen LogP contribution is -2.40. The molecule has 1 fully saturated rings. The fourth-order valence-corrected chi connectivity index (χ4v) is 4.47. The van der Waals surface area contributed by atoms with E-state index in [1.54, 1.807) is 0 Å². The molecule has 1 aliphatic rings. The number of urea groups is 1. The molecule has 0 saturated heterocycles. The lowest BCUT2D eigenvalue weighted by Gasteiger charge is -2.22. The highest BCUT2D eigenvalue weighted by molar-refractivity contribution is 7.90. The smallest absolute Gasteiger partial charge is 0.321 e. The van der Waals surface area contributed by atoms with Crippen LogP contribution < -0.4 is 10.6 Å². The van der Waals surface area contributed by atoms with Crippen LogP contribution in [0.2, 0.25) is 0 Å². The van der Waals surface area contributed by atoms with E-state index >= 15 is 0 Å². The van der Waals surface area contributed by atoms with Gasteiger partial charge in [0.05, 0.1) is 5.92 Å². The minimum absolute atomic E-state index is 0.107. The minimum atomic E-state index is -3.87. The third kappa shape index (κ3) is 4.78. The van der Waals surface area contributed by atoms with Gasteiger partial charge in [0.1, 0.15) is 10.7 Å². The van der Waals surface area contributed by atoms with Crippen LogP contribution in [-0.2, 0) is 14.6 Å². The second-order valence-electron chi connectivity index (χ2n) is 6.44. The van der Waals surface area contributed by atoms with Crippen LogP contribution in [0.15, 0.2) is 23.1 Å². The normalized spacial score (nSPS) is 16.4. The zero-order valence-electron chi connectivity index (χ0n) is 14.3. The summed E-state index contributed by atoms with van der Waals surface area (Å²) in [5.74, 6) is -2.16. The summed E-state index contributed by atoms with van der Waals surface area (Å²) in [5, 5.41) is 4.48. The number of hydrogen-bond donors (Lipinski definition) is 2. The lowest BCUT2D eigenvalue weighted by molar-refractivity contribution is -0.121. The van der Waals surface area contributed by atoms with Crippen LogP contribution in [-0.4, -0.2) is 33.7 Å². The van der Waals surface area contributed by atoms with Gasteiger partial charge in [-0.2, -0.15) is 0 Å². The molecule has 0 spiro atoms. The zero-order chi connectivity index (χ0) is 18.6. The average Bonchev–Trinajstić information content (AvgIpc) is 3.04.